The molecule has 1 rings (SSSR count). The van der Waals surface area contributed by atoms with Crippen LogP contribution in [0.4, 0.5) is 0 Å². The first-order chi connectivity index (χ1) is 7.07. The van der Waals surface area contributed by atoms with Crippen molar-refractivity contribution in [1.29, 1.82) is 0 Å². The maximum Gasteiger partial charge on any atom is 0.311 e. The lowest BCUT2D eigenvalue weighted by Gasteiger charge is -2.33. The van der Waals surface area contributed by atoms with E-state index in [2.05, 4.69) is 13.8 Å². The minimum Gasteiger partial charge on any atom is -0.481 e. The average Bonchev–Trinajstić information content (AvgIpc) is 2.18. The van der Waals surface area contributed by atoms with E-state index in [9.17, 15) is 9.90 Å². The van der Waals surface area contributed by atoms with Crippen molar-refractivity contribution in [1.82, 2.24) is 0 Å². The van der Waals surface area contributed by atoms with Gasteiger partial charge in [0.05, 0.1) is 12.0 Å². The van der Waals surface area contributed by atoms with Crippen molar-refractivity contribution < 1.29 is 14.6 Å². The highest BCUT2D eigenvalue weighted by Gasteiger charge is 2.39. The molecule has 0 aromatic heterocycles. The van der Waals surface area contributed by atoms with Crippen LogP contribution in [-0.4, -0.2) is 24.3 Å². The molecule has 88 valence electrons. The highest BCUT2D eigenvalue weighted by atomic mass is 16.5. The average molecular weight is 214 g/mol. The third-order valence-corrected chi connectivity index (χ3v) is 3.21. The first kappa shape index (κ1) is 12.5. The standard InChI is InChI=1S/C12H22O3/c1-10(2)5-3-6-12(11(13)14)7-4-8-15-9-12/h10H,3-9H2,1-2H3,(H,13,14). The van der Waals surface area contributed by atoms with Gasteiger partial charge < -0.3 is 9.84 Å². The second kappa shape index (κ2) is 5.50. The molecule has 3 nitrogen and oxygen atoms in total. The minimum atomic E-state index is -0.675. The monoisotopic (exact) mass is 214 g/mol. The Bertz CT molecular complexity index is 205. The molecule has 1 unspecified atom stereocenters. The fraction of sp³-hybridized carbons (Fsp3) is 0.917. The van der Waals surface area contributed by atoms with E-state index in [0.29, 0.717) is 12.5 Å². The normalized spacial score (nSPS) is 26.9. The van der Waals surface area contributed by atoms with Crippen molar-refractivity contribution in [3.05, 3.63) is 0 Å². The van der Waals surface area contributed by atoms with E-state index < -0.39 is 11.4 Å². The molecule has 1 fully saturated rings. The maximum atomic E-state index is 11.3. The van der Waals surface area contributed by atoms with Crippen molar-refractivity contribution in [3.63, 3.8) is 0 Å². The van der Waals surface area contributed by atoms with E-state index in [0.717, 1.165) is 38.7 Å². The summed E-state index contributed by atoms with van der Waals surface area (Å²) in [6.07, 6.45) is 4.53. The van der Waals surface area contributed by atoms with Gasteiger partial charge in [-0.15, -0.1) is 0 Å². The van der Waals surface area contributed by atoms with Gasteiger partial charge in [-0.05, 0) is 25.2 Å². The van der Waals surface area contributed by atoms with E-state index in [-0.39, 0.29) is 0 Å². The number of carboxylic acid groups (broad SMARTS) is 1. The summed E-state index contributed by atoms with van der Waals surface area (Å²) in [4.78, 5) is 11.3. The zero-order valence-electron chi connectivity index (χ0n) is 9.79. The molecule has 1 heterocycles. The summed E-state index contributed by atoms with van der Waals surface area (Å²) in [5.41, 5.74) is -0.590. The van der Waals surface area contributed by atoms with Gasteiger partial charge in [0.2, 0.25) is 0 Å². The second-order valence-electron chi connectivity index (χ2n) is 5.03. The van der Waals surface area contributed by atoms with Gasteiger partial charge in [0.25, 0.3) is 0 Å². The number of hydrogen-bond donors (Lipinski definition) is 1. The Labute approximate surface area is 91.8 Å². The van der Waals surface area contributed by atoms with Crippen LogP contribution >= 0.6 is 0 Å². The molecule has 1 aliphatic rings. The number of hydrogen-bond acceptors (Lipinski definition) is 2. The smallest absolute Gasteiger partial charge is 0.311 e. The summed E-state index contributed by atoms with van der Waals surface area (Å²) in [6.45, 7) is 5.47. The van der Waals surface area contributed by atoms with Crippen molar-refractivity contribution in [2.24, 2.45) is 11.3 Å². The summed E-state index contributed by atoms with van der Waals surface area (Å²) >= 11 is 0. The third-order valence-electron chi connectivity index (χ3n) is 3.21. The number of aliphatic carboxylic acids is 1. The molecular weight excluding hydrogens is 192 g/mol. The lowest BCUT2D eigenvalue weighted by molar-refractivity contribution is -0.158. The van der Waals surface area contributed by atoms with Crippen LogP contribution in [0.5, 0.6) is 0 Å². The van der Waals surface area contributed by atoms with Crippen molar-refractivity contribution in [2.75, 3.05) is 13.2 Å². The minimum absolute atomic E-state index is 0.403. The summed E-state index contributed by atoms with van der Waals surface area (Å²) in [5.74, 6) is -0.0219. The Morgan fingerprint density at radius 2 is 2.27 bits per heavy atom. The number of carbonyl (C=O) groups is 1. The van der Waals surface area contributed by atoms with Gasteiger partial charge in [-0.2, -0.15) is 0 Å². The van der Waals surface area contributed by atoms with Crippen LogP contribution < -0.4 is 0 Å². The van der Waals surface area contributed by atoms with E-state index in [1.807, 2.05) is 0 Å². The zero-order chi connectivity index (χ0) is 11.3. The molecule has 0 aliphatic carbocycles. The lowest BCUT2D eigenvalue weighted by atomic mass is 9.78. The van der Waals surface area contributed by atoms with Crippen LogP contribution in [0, 0.1) is 11.3 Å². The maximum absolute atomic E-state index is 11.3. The number of carboxylic acids is 1. The van der Waals surface area contributed by atoms with Crippen LogP contribution in [0.25, 0.3) is 0 Å². The van der Waals surface area contributed by atoms with E-state index in [4.69, 9.17) is 4.74 Å². The molecule has 0 radical (unpaired) electrons. The molecule has 1 saturated heterocycles. The Kier molecular flexibility index (Phi) is 4.58. The molecule has 0 amide bonds. The fourth-order valence-electron chi connectivity index (χ4n) is 2.17. The number of ether oxygens (including phenoxy) is 1. The van der Waals surface area contributed by atoms with E-state index in [1.165, 1.54) is 0 Å². The van der Waals surface area contributed by atoms with Gasteiger partial charge in [0.1, 0.15) is 0 Å². The predicted molar refractivity (Wildman–Crippen MR) is 58.8 cm³/mol. The first-order valence-electron chi connectivity index (χ1n) is 5.88. The quantitative estimate of drug-likeness (QED) is 0.765. The first-order valence-corrected chi connectivity index (χ1v) is 5.88. The molecule has 1 atom stereocenters. The molecule has 15 heavy (non-hydrogen) atoms. The highest BCUT2D eigenvalue weighted by Crippen LogP contribution is 2.34. The van der Waals surface area contributed by atoms with Gasteiger partial charge in [0, 0.05) is 6.61 Å². The van der Waals surface area contributed by atoms with Crippen LogP contribution in [0.15, 0.2) is 0 Å². The lowest BCUT2D eigenvalue weighted by Crippen LogP contribution is -2.39. The highest BCUT2D eigenvalue weighted by molar-refractivity contribution is 5.74. The van der Waals surface area contributed by atoms with Gasteiger partial charge >= 0.3 is 5.97 Å². The topological polar surface area (TPSA) is 46.5 Å². The Morgan fingerprint density at radius 3 is 2.73 bits per heavy atom. The summed E-state index contributed by atoms with van der Waals surface area (Å²) < 4.78 is 5.32. The second-order valence-corrected chi connectivity index (χ2v) is 5.03. The molecular formula is C12H22O3. The van der Waals surface area contributed by atoms with Crippen LogP contribution in [0.2, 0.25) is 0 Å². The Morgan fingerprint density at radius 1 is 1.53 bits per heavy atom. The van der Waals surface area contributed by atoms with Crippen LogP contribution in [0.3, 0.4) is 0 Å². The predicted octanol–water partition coefficient (Wildman–Crippen LogP) is 2.69. The van der Waals surface area contributed by atoms with Gasteiger partial charge in [-0.3, -0.25) is 4.79 Å². The molecule has 1 N–H and O–H groups in total. The Hall–Kier alpha value is -0.570. The third kappa shape index (κ3) is 3.49. The molecule has 0 aromatic carbocycles. The van der Waals surface area contributed by atoms with Crippen LogP contribution in [0.1, 0.15) is 46.0 Å². The summed E-state index contributed by atoms with van der Waals surface area (Å²) in [6, 6.07) is 0. The van der Waals surface area contributed by atoms with Gasteiger partial charge in [-0.25, -0.2) is 0 Å². The SMILES string of the molecule is CC(C)CCCC1(C(=O)O)CCCOC1. The van der Waals surface area contributed by atoms with Crippen LogP contribution in [-0.2, 0) is 9.53 Å². The molecule has 0 bridgehead atoms. The molecule has 1 aliphatic heterocycles. The largest absolute Gasteiger partial charge is 0.481 e. The van der Waals surface area contributed by atoms with E-state index in [1.54, 1.807) is 0 Å². The van der Waals surface area contributed by atoms with Crippen molar-refractivity contribution >= 4 is 5.97 Å². The number of rotatable bonds is 5. The molecule has 0 spiro atoms. The molecule has 0 aromatic rings. The zero-order valence-corrected chi connectivity index (χ0v) is 9.79. The fourth-order valence-corrected chi connectivity index (χ4v) is 2.17. The van der Waals surface area contributed by atoms with Crippen molar-refractivity contribution in [3.8, 4) is 0 Å². The molecule has 3 heteroatoms. The summed E-state index contributed by atoms with van der Waals surface area (Å²) in [5, 5.41) is 9.27. The van der Waals surface area contributed by atoms with Gasteiger partial charge in [-0.1, -0.05) is 26.7 Å². The van der Waals surface area contributed by atoms with Crippen molar-refractivity contribution in [2.45, 2.75) is 46.0 Å². The van der Waals surface area contributed by atoms with E-state index >= 15 is 0 Å². The summed E-state index contributed by atoms with van der Waals surface area (Å²) in [7, 11) is 0. The van der Waals surface area contributed by atoms with Gasteiger partial charge in [0.15, 0.2) is 0 Å². The Balaban J connectivity index is 2.46. The molecule has 0 saturated carbocycles.